The number of carbonyl (C=O) groups is 1. The summed E-state index contributed by atoms with van der Waals surface area (Å²) in [5.41, 5.74) is 6.83. The van der Waals surface area contributed by atoms with Crippen LogP contribution in [0.3, 0.4) is 0 Å². The molecule has 106 valence electrons. The van der Waals surface area contributed by atoms with Gasteiger partial charge in [0, 0.05) is 39.1 Å². The van der Waals surface area contributed by atoms with Gasteiger partial charge in [-0.1, -0.05) is 0 Å². The van der Waals surface area contributed by atoms with Gasteiger partial charge in [-0.3, -0.25) is 9.69 Å². The van der Waals surface area contributed by atoms with E-state index in [-0.39, 0.29) is 0 Å². The number of hydrogen-bond acceptors (Lipinski definition) is 4. The summed E-state index contributed by atoms with van der Waals surface area (Å²) in [4.78, 5) is 16.4. The van der Waals surface area contributed by atoms with E-state index < -0.39 is 0 Å². The van der Waals surface area contributed by atoms with Crippen molar-refractivity contribution in [2.45, 2.75) is 25.8 Å². The van der Waals surface area contributed by atoms with Gasteiger partial charge in [-0.2, -0.15) is 11.3 Å². The summed E-state index contributed by atoms with van der Waals surface area (Å²) < 4.78 is 0. The second kappa shape index (κ2) is 7.62. The molecule has 0 aliphatic carbocycles. The zero-order valence-electron chi connectivity index (χ0n) is 11.4. The van der Waals surface area contributed by atoms with E-state index in [4.69, 9.17) is 5.73 Å². The lowest BCUT2D eigenvalue weighted by Crippen LogP contribution is -2.48. The van der Waals surface area contributed by atoms with E-state index in [2.05, 4.69) is 21.7 Å². The Balaban J connectivity index is 1.68. The highest BCUT2D eigenvalue weighted by atomic mass is 32.1. The topological polar surface area (TPSA) is 49.6 Å². The molecule has 4 nitrogen and oxygen atoms in total. The summed E-state index contributed by atoms with van der Waals surface area (Å²) in [6.07, 6.45) is 2.52. The molecule has 5 heteroatoms. The van der Waals surface area contributed by atoms with Gasteiger partial charge >= 0.3 is 0 Å². The van der Waals surface area contributed by atoms with Crippen molar-refractivity contribution in [3.8, 4) is 0 Å². The summed E-state index contributed by atoms with van der Waals surface area (Å²) in [6, 6.07) is 2.18. The highest BCUT2D eigenvalue weighted by Gasteiger charge is 2.20. The van der Waals surface area contributed by atoms with Gasteiger partial charge in [0.05, 0.1) is 0 Å². The Morgan fingerprint density at radius 3 is 2.68 bits per heavy atom. The smallest absolute Gasteiger partial charge is 0.222 e. The van der Waals surface area contributed by atoms with Crippen molar-refractivity contribution in [2.75, 3.05) is 32.7 Å². The molecule has 0 atom stereocenters. The monoisotopic (exact) mass is 281 g/mol. The lowest BCUT2D eigenvalue weighted by atomic mass is 10.2. The fourth-order valence-corrected chi connectivity index (χ4v) is 3.03. The molecule has 1 aromatic heterocycles. The minimum absolute atomic E-state index is 0.295. The average Bonchev–Trinajstić information content (AvgIpc) is 2.93. The third kappa shape index (κ3) is 4.60. The van der Waals surface area contributed by atoms with Crippen molar-refractivity contribution in [1.82, 2.24) is 9.80 Å². The number of hydrogen-bond donors (Lipinski definition) is 1. The number of nitrogens with two attached hydrogens (primary N) is 1. The Bertz CT molecular complexity index is 372. The van der Waals surface area contributed by atoms with Gasteiger partial charge in [-0.25, -0.2) is 0 Å². The Morgan fingerprint density at radius 1 is 1.26 bits per heavy atom. The molecule has 1 aliphatic heterocycles. The number of rotatable bonds is 6. The van der Waals surface area contributed by atoms with Crippen molar-refractivity contribution < 1.29 is 4.79 Å². The maximum atomic E-state index is 12.0. The van der Waals surface area contributed by atoms with Gasteiger partial charge < -0.3 is 10.6 Å². The van der Waals surface area contributed by atoms with Crippen molar-refractivity contribution in [3.05, 3.63) is 22.4 Å². The third-order valence-electron chi connectivity index (χ3n) is 3.56. The first kappa shape index (κ1) is 14.5. The van der Waals surface area contributed by atoms with Gasteiger partial charge in [-0.05, 0) is 41.8 Å². The van der Waals surface area contributed by atoms with Gasteiger partial charge in [0.25, 0.3) is 0 Å². The van der Waals surface area contributed by atoms with E-state index in [1.807, 2.05) is 4.90 Å². The first-order chi connectivity index (χ1) is 9.29. The Labute approximate surface area is 119 Å². The lowest BCUT2D eigenvalue weighted by molar-refractivity contribution is -0.133. The molecule has 1 aliphatic rings. The molecular formula is C14H23N3OS. The van der Waals surface area contributed by atoms with Gasteiger partial charge in [0.1, 0.15) is 0 Å². The largest absolute Gasteiger partial charge is 0.340 e. The Morgan fingerprint density at radius 2 is 2.05 bits per heavy atom. The summed E-state index contributed by atoms with van der Waals surface area (Å²) in [5, 5.41) is 4.32. The maximum absolute atomic E-state index is 12.0. The molecule has 0 bridgehead atoms. The Hall–Kier alpha value is -0.910. The van der Waals surface area contributed by atoms with E-state index in [1.54, 1.807) is 11.3 Å². The first-order valence-electron chi connectivity index (χ1n) is 7.01. The Kier molecular flexibility index (Phi) is 5.82. The van der Waals surface area contributed by atoms with Crippen molar-refractivity contribution in [3.63, 3.8) is 0 Å². The fourth-order valence-electron chi connectivity index (χ4n) is 2.37. The van der Waals surface area contributed by atoms with E-state index >= 15 is 0 Å². The third-order valence-corrected chi connectivity index (χ3v) is 4.29. The molecule has 0 unspecified atom stereocenters. The number of piperazine rings is 1. The molecule has 2 N–H and O–H groups in total. The molecule has 1 fully saturated rings. The molecule has 0 radical (unpaired) electrons. The number of amides is 1. The van der Waals surface area contributed by atoms with Crippen LogP contribution in [0.25, 0.3) is 0 Å². The second-order valence-corrected chi connectivity index (χ2v) is 5.81. The highest BCUT2D eigenvalue weighted by molar-refractivity contribution is 7.07. The minimum atomic E-state index is 0.295. The minimum Gasteiger partial charge on any atom is -0.340 e. The molecule has 0 saturated carbocycles. The van der Waals surface area contributed by atoms with Gasteiger partial charge in [-0.15, -0.1) is 0 Å². The molecule has 2 heterocycles. The summed E-state index contributed by atoms with van der Waals surface area (Å²) in [5.74, 6) is 0.295. The van der Waals surface area contributed by atoms with Crippen LogP contribution in [-0.4, -0.2) is 48.4 Å². The zero-order valence-corrected chi connectivity index (χ0v) is 12.2. The molecular weight excluding hydrogens is 258 g/mol. The number of carbonyl (C=O) groups excluding carboxylic acids is 1. The lowest BCUT2D eigenvalue weighted by Gasteiger charge is -2.34. The van der Waals surface area contributed by atoms with Gasteiger partial charge in [0.15, 0.2) is 0 Å². The summed E-state index contributed by atoms with van der Waals surface area (Å²) in [7, 11) is 0. The molecule has 2 rings (SSSR count). The van der Waals surface area contributed by atoms with Crippen molar-refractivity contribution >= 4 is 17.2 Å². The van der Waals surface area contributed by atoms with Crippen LogP contribution in [0.1, 0.15) is 24.8 Å². The van der Waals surface area contributed by atoms with Crippen LogP contribution in [-0.2, 0) is 11.3 Å². The first-order valence-corrected chi connectivity index (χ1v) is 7.95. The molecule has 1 saturated heterocycles. The summed E-state index contributed by atoms with van der Waals surface area (Å²) in [6.45, 7) is 5.40. The number of unbranched alkanes of at least 4 members (excludes halogenated alkanes) is 1. The predicted molar refractivity (Wildman–Crippen MR) is 79.1 cm³/mol. The average molecular weight is 281 g/mol. The molecule has 1 aromatic rings. The van der Waals surface area contributed by atoms with Crippen LogP contribution in [0.4, 0.5) is 0 Å². The molecule has 19 heavy (non-hydrogen) atoms. The highest BCUT2D eigenvalue weighted by Crippen LogP contribution is 2.12. The summed E-state index contributed by atoms with van der Waals surface area (Å²) >= 11 is 1.74. The predicted octanol–water partition coefficient (Wildman–Crippen LogP) is 1.52. The fraction of sp³-hybridized carbons (Fsp3) is 0.643. The van der Waals surface area contributed by atoms with E-state index in [9.17, 15) is 4.79 Å². The maximum Gasteiger partial charge on any atom is 0.222 e. The standard InChI is InChI=1S/C14H23N3OS/c15-5-2-1-3-14(18)17-8-6-16(7-9-17)11-13-4-10-19-12-13/h4,10,12H,1-3,5-9,11,15H2. The molecule has 1 amide bonds. The molecule has 0 spiro atoms. The van der Waals surface area contributed by atoms with Crippen LogP contribution < -0.4 is 5.73 Å². The quantitative estimate of drug-likeness (QED) is 0.804. The van der Waals surface area contributed by atoms with Crippen LogP contribution in [0.15, 0.2) is 16.8 Å². The zero-order chi connectivity index (χ0) is 13.5. The normalized spacial score (nSPS) is 16.8. The SMILES string of the molecule is NCCCCC(=O)N1CCN(Cc2ccsc2)CC1. The van der Waals surface area contributed by atoms with Crippen molar-refractivity contribution in [1.29, 1.82) is 0 Å². The van der Waals surface area contributed by atoms with E-state index in [1.165, 1.54) is 5.56 Å². The van der Waals surface area contributed by atoms with Crippen LogP contribution in [0, 0.1) is 0 Å². The van der Waals surface area contributed by atoms with Crippen molar-refractivity contribution in [2.24, 2.45) is 5.73 Å². The van der Waals surface area contributed by atoms with Crippen LogP contribution >= 0.6 is 11.3 Å². The van der Waals surface area contributed by atoms with Crippen LogP contribution in [0.5, 0.6) is 0 Å². The van der Waals surface area contributed by atoms with E-state index in [0.717, 1.165) is 45.6 Å². The van der Waals surface area contributed by atoms with Crippen LogP contribution in [0.2, 0.25) is 0 Å². The van der Waals surface area contributed by atoms with Gasteiger partial charge in [0.2, 0.25) is 5.91 Å². The second-order valence-electron chi connectivity index (χ2n) is 5.03. The number of thiophene rings is 1. The number of nitrogens with zero attached hydrogens (tertiary/aromatic N) is 2. The van der Waals surface area contributed by atoms with E-state index in [0.29, 0.717) is 18.9 Å². The molecule has 0 aromatic carbocycles.